The standard InChI is InChI=1S/C15H26N2O/c1-3-9-13(4-2)16-12-15(18)17-14-10-7-5-6-8-11-14/h1,13-14,16H,4-12H2,2H3,(H,17,18). The second-order valence-electron chi connectivity index (χ2n) is 5.15. The van der Waals surface area contributed by atoms with Crippen LogP contribution in [0.2, 0.25) is 0 Å². The summed E-state index contributed by atoms with van der Waals surface area (Å²) in [5.74, 6) is 2.75. The van der Waals surface area contributed by atoms with Crippen molar-refractivity contribution in [2.75, 3.05) is 6.54 Å². The van der Waals surface area contributed by atoms with Gasteiger partial charge in [0.2, 0.25) is 5.91 Å². The molecule has 1 rings (SSSR count). The minimum absolute atomic E-state index is 0.109. The molecule has 1 saturated carbocycles. The van der Waals surface area contributed by atoms with Crippen LogP contribution in [-0.4, -0.2) is 24.5 Å². The van der Waals surface area contributed by atoms with Gasteiger partial charge in [0.15, 0.2) is 0 Å². The van der Waals surface area contributed by atoms with E-state index in [2.05, 4.69) is 23.5 Å². The van der Waals surface area contributed by atoms with E-state index in [9.17, 15) is 4.79 Å². The summed E-state index contributed by atoms with van der Waals surface area (Å²) in [7, 11) is 0. The van der Waals surface area contributed by atoms with E-state index in [0.717, 1.165) is 19.3 Å². The Morgan fingerprint density at radius 2 is 2.00 bits per heavy atom. The first-order chi connectivity index (χ1) is 8.76. The van der Waals surface area contributed by atoms with Gasteiger partial charge in [0.1, 0.15) is 0 Å². The Balaban J connectivity index is 2.21. The molecule has 1 fully saturated rings. The van der Waals surface area contributed by atoms with Gasteiger partial charge < -0.3 is 10.6 Å². The number of carbonyl (C=O) groups excluding carboxylic acids is 1. The molecule has 0 aliphatic heterocycles. The van der Waals surface area contributed by atoms with Crippen LogP contribution in [0.3, 0.4) is 0 Å². The van der Waals surface area contributed by atoms with Gasteiger partial charge in [-0.3, -0.25) is 4.79 Å². The van der Waals surface area contributed by atoms with E-state index in [0.29, 0.717) is 19.0 Å². The van der Waals surface area contributed by atoms with E-state index >= 15 is 0 Å². The van der Waals surface area contributed by atoms with Crippen molar-refractivity contribution in [3.8, 4) is 12.3 Å². The summed E-state index contributed by atoms with van der Waals surface area (Å²) in [6, 6.07) is 0.643. The fraction of sp³-hybridized carbons (Fsp3) is 0.800. The van der Waals surface area contributed by atoms with Crippen LogP contribution in [0.4, 0.5) is 0 Å². The fourth-order valence-corrected chi connectivity index (χ4v) is 2.44. The highest BCUT2D eigenvalue weighted by molar-refractivity contribution is 5.78. The summed E-state index contributed by atoms with van der Waals surface area (Å²) >= 11 is 0. The maximum Gasteiger partial charge on any atom is 0.234 e. The quantitative estimate of drug-likeness (QED) is 0.560. The van der Waals surface area contributed by atoms with E-state index < -0.39 is 0 Å². The van der Waals surface area contributed by atoms with Gasteiger partial charge >= 0.3 is 0 Å². The highest BCUT2D eigenvalue weighted by atomic mass is 16.1. The van der Waals surface area contributed by atoms with Crippen LogP contribution in [0.1, 0.15) is 58.3 Å². The van der Waals surface area contributed by atoms with Crippen molar-refractivity contribution in [2.24, 2.45) is 0 Å². The lowest BCUT2D eigenvalue weighted by Crippen LogP contribution is -2.42. The van der Waals surface area contributed by atoms with Gasteiger partial charge in [-0.05, 0) is 19.3 Å². The zero-order chi connectivity index (χ0) is 13.2. The molecule has 0 heterocycles. The molecule has 1 aliphatic rings. The van der Waals surface area contributed by atoms with E-state index in [1.807, 2.05) is 0 Å². The molecule has 0 bridgehead atoms. The van der Waals surface area contributed by atoms with Gasteiger partial charge in [-0.25, -0.2) is 0 Å². The molecule has 1 aliphatic carbocycles. The molecule has 0 saturated heterocycles. The van der Waals surface area contributed by atoms with Crippen molar-refractivity contribution in [3.05, 3.63) is 0 Å². The third kappa shape index (κ3) is 6.07. The topological polar surface area (TPSA) is 41.1 Å². The fourth-order valence-electron chi connectivity index (χ4n) is 2.44. The first kappa shape index (κ1) is 15.0. The first-order valence-electron chi connectivity index (χ1n) is 7.22. The lowest BCUT2D eigenvalue weighted by molar-refractivity contribution is -0.121. The molecular formula is C15H26N2O. The molecule has 2 N–H and O–H groups in total. The van der Waals surface area contributed by atoms with Crippen molar-refractivity contribution in [3.63, 3.8) is 0 Å². The number of terminal acetylenes is 1. The second-order valence-corrected chi connectivity index (χ2v) is 5.15. The Hall–Kier alpha value is -1.01. The number of nitrogens with one attached hydrogen (secondary N) is 2. The predicted octanol–water partition coefficient (Wildman–Crippen LogP) is 2.22. The number of rotatable bonds is 6. The van der Waals surface area contributed by atoms with E-state index in [-0.39, 0.29) is 11.9 Å². The van der Waals surface area contributed by atoms with Gasteiger partial charge in [-0.2, -0.15) is 0 Å². The summed E-state index contributed by atoms with van der Waals surface area (Å²) in [6.07, 6.45) is 14.3. The number of hydrogen-bond donors (Lipinski definition) is 2. The largest absolute Gasteiger partial charge is 0.352 e. The molecule has 1 atom stereocenters. The SMILES string of the molecule is C#CCC(CC)NCC(=O)NC1CCCCCC1. The van der Waals surface area contributed by atoms with Crippen LogP contribution in [0, 0.1) is 12.3 Å². The summed E-state index contributed by atoms with van der Waals surface area (Å²) in [5, 5.41) is 6.35. The van der Waals surface area contributed by atoms with Gasteiger partial charge in [-0.15, -0.1) is 12.3 Å². The van der Waals surface area contributed by atoms with Crippen molar-refractivity contribution in [1.29, 1.82) is 0 Å². The molecule has 3 heteroatoms. The van der Waals surface area contributed by atoms with Crippen LogP contribution >= 0.6 is 0 Å². The normalized spacial score (nSPS) is 18.7. The molecule has 3 nitrogen and oxygen atoms in total. The number of carbonyl (C=O) groups is 1. The molecule has 102 valence electrons. The van der Waals surface area contributed by atoms with E-state index in [1.165, 1.54) is 25.7 Å². The Kier molecular flexibility index (Phi) is 7.52. The zero-order valence-electron chi connectivity index (χ0n) is 11.5. The number of hydrogen-bond acceptors (Lipinski definition) is 2. The van der Waals surface area contributed by atoms with Crippen molar-refractivity contribution < 1.29 is 4.79 Å². The predicted molar refractivity (Wildman–Crippen MR) is 75.2 cm³/mol. The van der Waals surface area contributed by atoms with Crippen molar-refractivity contribution in [2.45, 2.75) is 70.4 Å². The Morgan fingerprint density at radius 3 is 2.56 bits per heavy atom. The minimum Gasteiger partial charge on any atom is -0.352 e. The summed E-state index contributed by atoms with van der Waals surface area (Å²) in [6.45, 7) is 2.47. The van der Waals surface area contributed by atoms with E-state index in [4.69, 9.17) is 6.42 Å². The molecule has 18 heavy (non-hydrogen) atoms. The molecule has 0 aromatic rings. The smallest absolute Gasteiger partial charge is 0.234 e. The van der Waals surface area contributed by atoms with Crippen LogP contribution in [0.15, 0.2) is 0 Å². The second kappa shape index (κ2) is 8.99. The van der Waals surface area contributed by atoms with Crippen LogP contribution < -0.4 is 10.6 Å². The molecule has 0 radical (unpaired) electrons. The summed E-state index contributed by atoms with van der Waals surface area (Å²) in [5.41, 5.74) is 0. The lowest BCUT2D eigenvalue weighted by Gasteiger charge is -2.18. The minimum atomic E-state index is 0.109. The molecule has 1 unspecified atom stereocenters. The van der Waals surface area contributed by atoms with E-state index in [1.54, 1.807) is 0 Å². The maximum absolute atomic E-state index is 11.8. The average Bonchev–Trinajstić information content (AvgIpc) is 2.63. The highest BCUT2D eigenvalue weighted by Crippen LogP contribution is 2.16. The Labute approximate surface area is 111 Å². The van der Waals surface area contributed by atoms with Crippen LogP contribution in [0.5, 0.6) is 0 Å². The highest BCUT2D eigenvalue weighted by Gasteiger charge is 2.15. The summed E-state index contributed by atoms with van der Waals surface area (Å²) < 4.78 is 0. The van der Waals surface area contributed by atoms with Gasteiger partial charge in [0.25, 0.3) is 0 Å². The molecular weight excluding hydrogens is 224 g/mol. The first-order valence-corrected chi connectivity index (χ1v) is 7.22. The molecule has 0 aromatic carbocycles. The Bertz CT molecular complexity index is 275. The molecule has 0 spiro atoms. The summed E-state index contributed by atoms with van der Waals surface area (Å²) in [4.78, 5) is 11.8. The maximum atomic E-state index is 11.8. The van der Waals surface area contributed by atoms with Crippen molar-refractivity contribution >= 4 is 5.91 Å². The van der Waals surface area contributed by atoms with Gasteiger partial charge in [0.05, 0.1) is 6.54 Å². The lowest BCUT2D eigenvalue weighted by atomic mass is 10.1. The van der Waals surface area contributed by atoms with Crippen LogP contribution in [0.25, 0.3) is 0 Å². The monoisotopic (exact) mass is 250 g/mol. The zero-order valence-corrected chi connectivity index (χ0v) is 11.5. The Morgan fingerprint density at radius 1 is 1.33 bits per heavy atom. The molecule has 0 aromatic heterocycles. The van der Waals surface area contributed by atoms with Crippen LogP contribution in [-0.2, 0) is 4.79 Å². The third-order valence-corrected chi connectivity index (χ3v) is 3.63. The third-order valence-electron chi connectivity index (χ3n) is 3.63. The van der Waals surface area contributed by atoms with Gasteiger partial charge in [0, 0.05) is 18.5 Å². The molecule has 1 amide bonds. The van der Waals surface area contributed by atoms with Gasteiger partial charge in [-0.1, -0.05) is 32.6 Å². The van der Waals surface area contributed by atoms with Crippen molar-refractivity contribution in [1.82, 2.24) is 10.6 Å². The number of amides is 1. The average molecular weight is 250 g/mol.